The number of carboxylic acid groups (broad SMARTS) is 1. The third-order valence-corrected chi connectivity index (χ3v) is 3.91. The van der Waals surface area contributed by atoms with E-state index in [4.69, 9.17) is 4.74 Å². The van der Waals surface area contributed by atoms with Gasteiger partial charge < -0.3 is 20.1 Å². The highest BCUT2D eigenvalue weighted by atomic mass is 16.5. The molecular formula is C14H16N2O4. The van der Waals surface area contributed by atoms with Crippen LogP contribution < -0.4 is 5.32 Å². The van der Waals surface area contributed by atoms with Gasteiger partial charge in [-0.25, -0.2) is 9.59 Å². The van der Waals surface area contributed by atoms with Gasteiger partial charge in [-0.2, -0.15) is 0 Å². The molecule has 2 N–H and O–H groups in total. The molecule has 1 fully saturated rings. The molecule has 0 spiro atoms. The third kappa shape index (κ3) is 2.12. The van der Waals surface area contributed by atoms with Gasteiger partial charge in [-0.1, -0.05) is 24.3 Å². The molecule has 1 atom stereocenters. The van der Waals surface area contributed by atoms with Crippen LogP contribution in [0.15, 0.2) is 24.3 Å². The lowest BCUT2D eigenvalue weighted by Gasteiger charge is -2.27. The van der Waals surface area contributed by atoms with E-state index in [1.807, 2.05) is 24.3 Å². The minimum absolute atomic E-state index is 0.0227. The van der Waals surface area contributed by atoms with Crippen LogP contribution in [-0.4, -0.2) is 40.8 Å². The van der Waals surface area contributed by atoms with Crippen LogP contribution in [0.3, 0.4) is 0 Å². The molecule has 3 rings (SSSR count). The van der Waals surface area contributed by atoms with Gasteiger partial charge in [0.15, 0.2) is 5.54 Å². The Hall–Kier alpha value is -2.08. The van der Waals surface area contributed by atoms with E-state index in [9.17, 15) is 14.7 Å². The van der Waals surface area contributed by atoms with Crippen LogP contribution in [-0.2, 0) is 22.6 Å². The fourth-order valence-electron chi connectivity index (χ4n) is 2.65. The van der Waals surface area contributed by atoms with E-state index in [0.717, 1.165) is 11.1 Å². The minimum atomic E-state index is -1.29. The Balaban J connectivity index is 1.71. The average Bonchev–Trinajstić information content (AvgIpc) is 3.05. The number of carbonyl (C=O) groups is 2. The summed E-state index contributed by atoms with van der Waals surface area (Å²) in [5.74, 6) is -1.04. The van der Waals surface area contributed by atoms with Crippen molar-refractivity contribution in [1.82, 2.24) is 10.2 Å². The normalized spacial score (nSPS) is 24.5. The number of fused-ring (bicyclic) bond motifs is 1. The number of ether oxygens (including phenoxy) is 1. The monoisotopic (exact) mass is 276 g/mol. The van der Waals surface area contributed by atoms with Crippen molar-refractivity contribution in [3.8, 4) is 0 Å². The molecule has 0 radical (unpaired) electrons. The number of aliphatic carboxylic acids is 1. The maximum absolute atomic E-state index is 12.3. The van der Waals surface area contributed by atoms with E-state index in [0.29, 0.717) is 26.1 Å². The van der Waals surface area contributed by atoms with Crippen LogP contribution in [0, 0.1) is 0 Å². The number of carbonyl (C=O) groups excluding carboxylic acids is 1. The molecule has 1 unspecified atom stereocenters. The number of urea groups is 1. The second-order valence-electron chi connectivity index (χ2n) is 5.24. The molecule has 106 valence electrons. The number of hydrogen-bond donors (Lipinski definition) is 2. The summed E-state index contributed by atoms with van der Waals surface area (Å²) >= 11 is 0. The molecule has 0 aliphatic carbocycles. The maximum atomic E-state index is 12.3. The van der Waals surface area contributed by atoms with Crippen LogP contribution in [0.2, 0.25) is 0 Å². The highest BCUT2D eigenvalue weighted by Gasteiger charge is 2.45. The molecule has 6 heteroatoms. The summed E-state index contributed by atoms with van der Waals surface area (Å²) in [6.07, 6.45) is 0.300. The molecule has 2 aliphatic rings. The van der Waals surface area contributed by atoms with Crippen molar-refractivity contribution < 1.29 is 19.4 Å². The molecule has 2 heterocycles. The zero-order chi connectivity index (χ0) is 14.2. The topological polar surface area (TPSA) is 78.9 Å². The Labute approximate surface area is 116 Å². The molecule has 0 aromatic heterocycles. The Kier molecular flexibility index (Phi) is 3.10. The molecule has 6 nitrogen and oxygen atoms in total. The number of amides is 2. The van der Waals surface area contributed by atoms with E-state index in [1.165, 1.54) is 0 Å². The first kappa shape index (κ1) is 12.9. The van der Waals surface area contributed by atoms with Gasteiger partial charge in [-0.05, 0) is 11.1 Å². The second kappa shape index (κ2) is 4.79. The lowest BCUT2D eigenvalue weighted by Crippen LogP contribution is -2.57. The van der Waals surface area contributed by atoms with Crippen molar-refractivity contribution >= 4 is 12.0 Å². The Morgan fingerprint density at radius 1 is 1.25 bits per heavy atom. The van der Waals surface area contributed by atoms with E-state index in [2.05, 4.69) is 5.32 Å². The number of rotatable bonds is 2. The summed E-state index contributed by atoms with van der Waals surface area (Å²) in [7, 11) is 0. The SMILES string of the molecule is O=C(NC1(C(=O)O)CCOC1)N1Cc2ccccc2C1. The summed E-state index contributed by atoms with van der Waals surface area (Å²) in [6.45, 7) is 1.40. The van der Waals surface area contributed by atoms with E-state index in [1.54, 1.807) is 4.90 Å². The summed E-state index contributed by atoms with van der Waals surface area (Å²) in [5, 5.41) is 11.9. The number of benzene rings is 1. The van der Waals surface area contributed by atoms with Crippen molar-refractivity contribution in [2.75, 3.05) is 13.2 Å². The fourth-order valence-corrected chi connectivity index (χ4v) is 2.65. The molecule has 2 amide bonds. The van der Waals surface area contributed by atoms with E-state index in [-0.39, 0.29) is 12.6 Å². The van der Waals surface area contributed by atoms with Crippen LogP contribution >= 0.6 is 0 Å². The smallest absolute Gasteiger partial charge is 0.332 e. The Bertz CT molecular complexity index is 527. The summed E-state index contributed by atoms with van der Waals surface area (Å²) in [5.41, 5.74) is 0.927. The Morgan fingerprint density at radius 2 is 1.90 bits per heavy atom. The van der Waals surface area contributed by atoms with Crippen LogP contribution in [0.4, 0.5) is 4.79 Å². The van der Waals surface area contributed by atoms with Gasteiger partial charge in [-0.15, -0.1) is 0 Å². The molecule has 1 aromatic carbocycles. The quantitative estimate of drug-likeness (QED) is 0.843. The molecule has 1 saturated heterocycles. The molecule has 20 heavy (non-hydrogen) atoms. The van der Waals surface area contributed by atoms with Crippen molar-refractivity contribution in [1.29, 1.82) is 0 Å². The largest absolute Gasteiger partial charge is 0.479 e. The summed E-state index contributed by atoms with van der Waals surface area (Å²) in [4.78, 5) is 25.3. The minimum Gasteiger partial charge on any atom is -0.479 e. The maximum Gasteiger partial charge on any atom is 0.332 e. The molecule has 0 saturated carbocycles. The van der Waals surface area contributed by atoms with Crippen LogP contribution in [0.25, 0.3) is 0 Å². The van der Waals surface area contributed by atoms with Gasteiger partial charge in [0.1, 0.15) is 0 Å². The third-order valence-electron chi connectivity index (χ3n) is 3.91. The standard InChI is InChI=1S/C14H16N2O4/c17-12(18)14(5-6-20-9-14)15-13(19)16-7-10-3-1-2-4-11(10)8-16/h1-4H,5-9H2,(H,15,19)(H,17,18). The highest BCUT2D eigenvalue weighted by Crippen LogP contribution is 2.24. The summed E-state index contributed by atoms with van der Waals surface area (Å²) in [6, 6.07) is 7.48. The van der Waals surface area contributed by atoms with E-state index < -0.39 is 11.5 Å². The average molecular weight is 276 g/mol. The van der Waals surface area contributed by atoms with Crippen molar-refractivity contribution in [2.45, 2.75) is 25.0 Å². The van der Waals surface area contributed by atoms with Gasteiger partial charge in [0, 0.05) is 26.1 Å². The molecular weight excluding hydrogens is 260 g/mol. The molecule has 2 aliphatic heterocycles. The first-order valence-electron chi connectivity index (χ1n) is 6.56. The van der Waals surface area contributed by atoms with Crippen molar-refractivity contribution in [3.63, 3.8) is 0 Å². The van der Waals surface area contributed by atoms with Crippen molar-refractivity contribution in [3.05, 3.63) is 35.4 Å². The van der Waals surface area contributed by atoms with E-state index >= 15 is 0 Å². The molecule has 1 aromatic rings. The predicted octanol–water partition coefficient (Wildman–Crippen LogP) is 0.955. The number of hydrogen-bond acceptors (Lipinski definition) is 3. The Morgan fingerprint density at radius 3 is 2.40 bits per heavy atom. The van der Waals surface area contributed by atoms with Crippen LogP contribution in [0.5, 0.6) is 0 Å². The second-order valence-corrected chi connectivity index (χ2v) is 5.24. The zero-order valence-corrected chi connectivity index (χ0v) is 11.0. The lowest BCUT2D eigenvalue weighted by atomic mass is 9.99. The highest BCUT2D eigenvalue weighted by molar-refractivity contribution is 5.87. The number of carboxylic acids is 1. The lowest BCUT2D eigenvalue weighted by molar-refractivity contribution is -0.144. The van der Waals surface area contributed by atoms with Gasteiger partial charge in [0.05, 0.1) is 6.61 Å². The van der Waals surface area contributed by atoms with Crippen LogP contribution in [0.1, 0.15) is 17.5 Å². The van der Waals surface area contributed by atoms with Gasteiger partial charge in [0.25, 0.3) is 0 Å². The molecule has 0 bridgehead atoms. The van der Waals surface area contributed by atoms with Crippen molar-refractivity contribution in [2.24, 2.45) is 0 Å². The number of nitrogens with one attached hydrogen (secondary N) is 1. The van der Waals surface area contributed by atoms with Gasteiger partial charge >= 0.3 is 12.0 Å². The predicted molar refractivity (Wildman–Crippen MR) is 70.0 cm³/mol. The first-order chi connectivity index (χ1) is 9.61. The fraction of sp³-hybridized carbons (Fsp3) is 0.429. The number of nitrogens with zero attached hydrogens (tertiary/aromatic N) is 1. The first-order valence-corrected chi connectivity index (χ1v) is 6.56. The van der Waals surface area contributed by atoms with Gasteiger partial charge in [-0.3, -0.25) is 0 Å². The van der Waals surface area contributed by atoms with Gasteiger partial charge in [0.2, 0.25) is 0 Å². The summed E-state index contributed by atoms with van der Waals surface area (Å²) < 4.78 is 5.13. The zero-order valence-electron chi connectivity index (χ0n) is 11.0.